The van der Waals surface area contributed by atoms with Crippen LogP contribution in [0.3, 0.4) is 0 Å². The number of piperidine rings is 1. The quantitative estimate of drug-likeness (QED) is 0.813. The Morgan fingerprint density at radius 3 is 1.64 bits per heavy atom. The number of nitrogens with one attached hydrogen (secondary N) is 1. The molecule has 1 saturated heterocycles. The predicted octanol–water partition coefficient (Wildman–Crippen LogP) is 3.05. The molecule has 0 saturated carbocycles. The molecule has 0 radical (unpaired) electrons. The van der Waals surface area contributed by atoms with Gasteiger partial charge in [0.15, 0.2) is 5.78 Å². The number of carbonyl (C=O) groups is 1. The fraction of sp³-hybridized carbons (Fsp3) is 0.292. The van der Waals surface area contributed by atoms with Crippen LogP contribution in [0.4, 0.5) is 0 Å². The minimum Gasteiger partial charge on any atom is -0.496 e. The minimum absolute atomic E-state index is 0.0983. The molecule has 3 rings (SSSR count). The van der Waals surface area contributed by atoms with Crippen molar-refractivity contribution in [2.24, 2.45) is 0 Å². The maximum absolute atomic E-state index is 13.3. The molecule has 0 bridgehead atoms. The van der Waals surface area contributed by atoms with Crippen molar-refractivity contribution in [2.45, 2.75) is 19.9 Å². The molecule has 0 unspecified atom stereocenters. The summed E-state index contributed by atoms with van der Waals surface area (Å²) < 4.78 is 10.9. The van der Waals surface area contributed by atoms with E-state index in [9.17, 15) is 4.79 Å². The number of rotatable bonds is 5. The number of hydrogen-bond donors (Lipinski definition) is 1. The Bertz CT molecular complexity index is 842. The Kier molecular flexibility index (Phi) is 6.32. The summed E-state index contributed by atoms with van der Waals surface area (Å²) in [5, 5.41) is 0. The van der Waals surface area contributed by atoms with E-state index in [0.717, 1.165) is 33.8 Å². The number of benzene rings is 2. The van der Waals surface area contributed by atoms with E-state index in [2.05, 4.69) is 13.8 Å². The summed E-state index contributed by atoms with van der Waals surface area (Å²) in [6, 6.07) is 16.0. The van der Waals surface area contributed by atoms with Crippen molar-refractivity contribution >= 4 is 17.9 Å². The molecule has 28 heavy (non-hydrogen) atoms. The minimum atomic E-state index is 0.0983. The van der Waals surface area contributed by atoms with Gasteiger partial charge in [0.25, 0.3) is 0 Å². The van der Waals surface area contributed by atoms with Gasteiger partial charge in [-0.1, -0.05) is 36.4 Å². The number of likely N-dealkylation sites (tertiary alicyclic amines) is 1. The molecule has 2 aromatic carbocycles. The van der Waals surface area contributed by atoms with Gasteiger partial charge in [-0.15, -0.1) is 0 Å². The average molecular weight is 378 g/mol. The highest BCUT2D eigenvalue weighted by atomic mass is 16.5. The van der Waals surface area contributed by atoms with Crippen LogP contribution in [0.15, 0.2) is 59.7 Å². The average Bonchev–Trinajstić information content (AvgIpc) is 2.71. The van der Waals surface area contributed by atoms with Crippen LogP contribution in [0.2, 0.25) is 0 Å². The van der Waals surface area contributed by atoms with Gasteiger partial charge in [-0.3, -0.25) is 4.79 Å². The fourth-order valence-electron chi connectivity index (χ4n) is 3.51. The lowest BCUT2D eigenvalue weighted by Crippen LogP contribution is -3.16. The van der Waals surface area contributed by atoms with Crippen LogP contribution in [0, 0.1) is 0 Å². The van der Waals surface area contributed by atoms with E-state index < -0.39 is 0 Å². The maximum atomic E-state index is 13.3. The molecule has 4 heteroatoms. The predicted molar refractivity (Wildman–Crippen MR) is 113 cm³/mol. The molecule has 0 aliphatic carbocycles. The van der Waals surface area contributed by atoms with E-state index in [0.29, 0.717) is 19.1 Å². The summed E-state index contributed by atoms with van der Waals surface area (Å²) in [6.07, 6.45) is 3.94. The molecule has 0 aromatic heterocycles. The molecule has 1 aliphatic heterocycles. The number of quaternary nitrogens is 1. The second-order valence-corrected chi connectivity index (χ2v) is 7.32. The molecule has 0 amide bonds. The number of carbonyl (C=O) groups excluding carboxylic acids is 1. The lowest BCUT2D eigenvalue weighted by atomic mass is 9.93. The molecule has 1 aliphatic rings. The molecule has 4 nitrogen and oxygen atoms in total. The van der Waals surface area contributed by atoms with Crippen LogP contribution in [0.5, 0.6) is 11.5 Å². The highest BCUT2D eigenvalue weighted by Gasteiger charge is 2.31. The number of ketones is 1. The normalized spacial score (nSPS) is 20.0. The monoisotopic (exact) mass is 378 g/mol. The zero-order chi connectivity index (χ0) is 20.1. The van der Waals surface area contributed by atoms with E-state index in [-0.39, 0.29) is 5.78 Å². The summed E-state index contributed by atoms with van der Waals surface area (Å²) >= 11 is 0. The third-order valence-electron chi connectivity index (χ3n) is 5.17. The number of para-hydroxylation sites is 2. The van der Waals surface area contributed by atoms with E-state index in [1.807, 2.05) is 60.7 Å². The Morgan fingerprint density at radius 2 is 1.25 bits per heavy atom. The van der Waals surface area contributed by atoms with Gasteiger partial charge in [-0.25, -0.2) is 0 Å². The van der Waals surface area contributed by atoms with Crippen LogP contribution in [-0.4, -0.2) is 39.1 Å². The van der Waals surface area contributed by atoms with E-state index in [4.69, 9.17) is 9.47 Å². The second kappa shape index (κ2) is 8.89. The second-order valence-electron chi connectivity index (χ2n) is 7.32. The number of methoxy groups -OCH3 is 2. The van der Waals surface area contributed by atoms with Gasteiger partial charge in [0.05, 0.1) is 31.4 Å². The topological polar surface area (TPSA) is 40.0 Å². The highest BCUT2D eigenvalue weighted by Crippen LogP contribution is 2.25. The standard InChI is InChI=1S/C24H27NO3/c1-17(2)25-15-20(13-18-9-5-7-11-22(18)27-3)24(26)21(16-25)14-19-10-6-8-12-23(19)28-4/h5-14,17H,15-16H2,1-4H3/p+1/b20-13+,21-14+. The molecular weight excluding hydrogens is 350 g/mol. The summed E-state index contributed by atoms with van der Waals surface area (Å²) in [5.74, 6) is 1.64. The summed E-state index contributed by atoms with van der Waals surface area (Å²) in [6.45, 7) is 5.79. The summed E-state index contributed by atoms with van der Waals surface area (Å²) in [5.41, 5.74) is 3.46. The molecule has 0 spiro atoms. The van der Waals surface area contributed by atoms with Crippen molar-refractivity contribution in [3.8, 4) is 11.5 Å². The molecule has 1 fully saturated rings. The number of hydrogen-bond acceptors (Lipinski definition) is 3. The van der Waals surface area contributed by atoms with Gasteiger partial charge < -0.3 is 14.4 Å². The SMILES string of the molecule is COc1ccccc1/C=C1\C[NH+](C(C)C)C/C(=C\c2ccccc2OC)C1=O. The van der Waals surface area contributed by atoms with Crippen LogP contribution in [0.25, 0.3) is 12.2 Å². The lowest BCUT2D eigenvalue weighted by molar-refractivity contribution is -0.912. The third-order valence-corrected chi connectivity index (χ3v) is 5.17. The van der Waals surface area contributed by atoms with Crippen molar-refractivity contribution < 1.29 is 19.2 Å². The van der Waals surface area contributed by atoms with Crippen LogP contribution in [0.1, 0.15) is 25.0 Å². The molecule has 1 heterocycles. The van der Waals surface area contributed by atoms with Crippen LogP contribution >= 0.6 is 0 Å². The first-order chi connectivity index (χ1) is 13.5. The molecular formula is C24H28NO3+. The van der Waals surface area contributed by atoms with Gasteiger partial charge >= 0.3 is 0 Å². The number of ether oxygens (including phenoxy) is 2. The largest absolute Gasteiger partial charge is 0.496 e. The fourth-order valence-corrected chi connectivity index (χ4v) is 3.51. The van der Waals surface area contributed by atoms with E-state index in [1.54, 1.807) is 14.2 Å². The molecule has 2 aromatic rings. The highest BCUT2D eigenvalue weighted by molar-refractivity contribution is 6.14. The van der Waals surface area contributed by atoms with Crippen molar-refractivity contribution in [2.75, 3.05) is 27.3 Å². The summed E-state index contributed by atoms with van der Waals surface area (Å²) in [4.78, 5) is 14.6. The molecule has 1 N–H and O–H groups in total. The van der Waals surface area contributed by atoms with E-state index >= 15 is 0 Å². The lowest BCUT2D eigenvalue weighted by Gasteiger charge is -2.30. The number of Topliss-reactive ketones (excluding diaryl/α,β-unsaturated/α-hetero) is 1. The first-order valence-electron chi connectivity index (χ1n) is 9.60. The maximum Gasteiger partial charge on any atom is 0.196 e. The smallest absolute Gasteiger partial charge is 0.196 e. The zero-order valence-electron chi connectivity index (χ0n) is 17.0. The van der Waals surface area contributed by atoms with Crippen LogP contribution < -0.4 is 14.4 Å². The summed E-state index contributed by atoms with van der Waals surface area (Å²) in [7, 11) is 3.30. The van der Waals surface area contributed by atoms with Crippen molar-refractivity contribution in [3.05, 3.63) is 70.8 Å². The third kappa shape index (κ3) is 4.34. The van der Waals surface area contributed by atoms with Gasteiger partial charge in [0.2, 0.25) is 0 Å². The van der Waals surface area contributed by atoms with Gasteiger partial charge in [-0.2, -0.15) is 0 Å². The van der Waals surface area contributed by atoms with E-state index in [1.165, 1.54) is 4.90 Å². The first kappa shape index (κ1) is 19.9. The molecule has 146 valence electrons. The van der Waals surface area contributed by atoms with Crippen molar-refractivity contribution in [1.82, 2.24) is 0 Å². The van der Waals surface area contributed by atoms with Gasteiger partial charge in [0.1, 0.15) is 24.6 Å². The first-order valence-corrected chi connectivity index (χ1v) is 9.60. The van der Waals surface area contributed by atoms with Gasteiger partial charge in [-0.05, 0) is 38.1 Å². The Morgan fingerprint density at radius 1 is 0.821 bits per heavy atom. The zero-order valence-corrected chi connectivity index (χ0v) is 17.0. The Balaban J connectivity index is 2.03. The Labute approximate surface area is 167 Å². The van der Waals surface area contributed by atoms with Crippen LogP contribution in [-0.2, 0) is 4.79 Å². The van der Waals surface area contributed by atoms with Crippen molar-refractivity contribution in [3.63, 3.8) is 0 Å². The van der Waals surface area contributed by atoms with Crippen molar-refractivity contribution in [1.29, 1.82) is 0 Å². The Hall–Kier alpha value is -2.85. The van der Waals surface area contributed by atoms with Gasteiger partial charge in [0, 0.05) is 11.1 Å². The molecule has 0 atom stereocenters.